The Kier molecular flexibility index (Phi) is 4.18. The summed E-state index contributed by atoms with van der Waals surface area (Å²) in [6, 6.07) is 7.49. The van der Waals surface area contributed by atoms with Crippen LogP contribution in [0.1, 0.15) is 49.6 Å². The van der Waals surface area contributed by atoms with Crippen LogP contribution in [0.5, 0.6) is 0 Å². The summed E-state index contributed by atoms with van der Waals surface area (Å²) in [7, 11) is 0. The van der Waals surface area contributed by atoms with Crippen LogP contribution in [0, 0.1) is 0 Å². The van der Waals surface area contributed by atoms with Crippen LogP contribution < -0.4 is 5.32 Å². The van der Waals surface area contributed by atoms with Crippen molar-refractivity contribution in [2.24, 2.45) is 0 Å². The number of fused-ring (bicyclic) bond motifs is 2. The third-order valence-corrected chi connectivity index (χ3v) is 5.28. The molecule has 8 nitrogen and oxygen atoms in total. The Hall–Kier alpha value is -2.77. The smallest absolute Gasteiger partial charge is 0.319 e. The highest BCUT2D eigenvalue weighted by Crippen LogP contribution is 2.40. The highest BCUT2D eigenvalue weighted by Gasteiger charge is 2.54. The molecular weight excluding hydrogens is 332 g/mol. The number of hydrogen-bond donors (Lipinski definition) is 1. The molecule has 1 aliphatic carbocycles. The lowest BCUT2D eigenvalue weighted by atomic mass is 9.76. The van der Waals surface area contributed by atoms with Crippen molar-refractivity contribution in [2.45, 2.75) is 57.7 Å². The van der Waals surface area contributed by atoms with Gasteiger partial charge in [0, 0.05) is 6.54 Å². The number of hydrogen-bond acceptors (Lipinski definition) is 5. The average molecular weight is 354 g/mol. The van der Waals surface area contributed by atoms with Crippen molar-refractivity contribution in [3.63, 3.8) is 0 Å². The van der Waals surface area contributed by atoms with Gasteiger partial charge >= 0.3 is 6.03 Å². The van der Waals surface area contributed by atoms with E-state index in [1.54, 1.807) is 4.68 Å². The fraction of sp³-hybridized carbons (Fsp3) is 0.500. The topological polar surface area (TPSA) is 93.0 Å². The van der Waals surface area contributed by atoms with E-state index in [0.29, 0.717) is 18.8 Å². The first kappa shape index (κ1) is 16.7. The third kappa shape index (κ3) is 2.56. The van der Waals surface area contributed by atoms with Crippen LogP contribution in [-0.4, -0.2) is 37.0 Å². The summed E-state index contributed by atoms with van der Waals surface area (Å²) in [4.78, 5) is 27.2. The molecule has 0 unspecified atom stereocenters. The number of imide groups is 1. The Morgan fingerprint density at radius 3 is 2.96 bits per heavy atom. The van der Waals surface area contributed by atoms with Gasteiger partial charge in [0.1, 0.15) is 5.54 Å². The maximum absolute atomic E-state index is 13.3. The normalized spacial score (nSPS) is 22.0. The van der Waals surface area contributed by atoms with E-state index in [1.165, 1.54) is 4.90 Å². The summed E-state index contributed by atoms with van der Waals surface area (Å²) in [5.41, 5.74) is 1.09. The summed E-state index contributed by atoms with van der Waals surface area (Å²) >= 11 is 0. The van der Waals surface area contributed by atoms with Crippen LogP contribution in [0.4, 0.5) is 4.79 Å². The number of aryl methyl sites for hydroxylation is 2. The summed E-state index contributed by atoms with van der Waals surface area (Å²) in [5.74, 6) is 0.322. The molecule has 0 saturated carbocycles. The van der Waals surface area contributed by atoms with Crippen LogP contribution in [0.25, 0.3) is 0 Å². The largest absolute Gasteiger partial charge is 0.325 e. The zero-order valence-corrected chi connectivity index (χ0v) is 14.8. The first-order valence-electron chi connectivity index (χ1n) is 9.13. The van der Waals surface area contributed by atoms with Gasteiger partial charge in [-0.15, -0.1) is 5.10 Å². The molecule has 1 spiro atoms. The molecule has 1 fully saturated rings. The quantitative estimate of drug-likeness (QED) is 0.826. The highest BCUT2D eigenvalue weighted by molar-refractivity contribution is 6.07. The molecule has 3 amide bonds. The fourth-order valence-electron chi connectivity index (χ4n) is 3.91. The number of unbranched alkanes of at least 4 members (excludes halogenated alkanes) is 1. The number of benzene rings is 1. The predicted molar refractivity (Wildman–Crippen MR) is 92.9 cm³/mol. The summed E-state index contributed by atoms with van der Waals surface area (Å²) in [6.45, 7) is 2.85. The molecule has 8 heteroatoms. The molecule has 1 atom stereocenters. The summed E-state index contributed by atoms with van der Waals surface area (Å²) in [5, 5.41) is 14.6. The van der Waals surface area contributed by atoms with Crippen molar-refractivity contribution < 1.29 is 9.59 Å². The first-order valence-corrected chi connectivity index (χ1v) is 9.13. The monoisotopic (exact) mass is 354 g/mol. The molecule has 2 heterocycles. The molecule has 1 N–H and O–H groups in total. The van der Waals surface area contributed by atoms with Crippen LogP contribution in [0.3, 0.4) is 0 Å². The predicted octanol–water partition coefficient (Wildman–Crippen LogP) is 1.76. The van der Waals surface area contributed by atoms with E-state index in [1.807, 2.05) is 24.3 Å². The molecule has 2 aliphatic rings. The Morgan fingerprint density at radius 2 is 2.12 bits per heavy atom. The van der Waals surface area contributed by atoms with E-state index in [2.05, 4.69) is 27.8 Å². The molecule has 136 valence electrons. The maximum atomic E-state index is 13.3. The minimum atomic E-state index is -0.951. The number of rotatable bonds is 5. The second kappa shape index (κ2) is 6.51. The van der Waals surface area contributed by atoms with E-state index >= 15 is 0 Å². The number of carbonyl (C=O) groups is 2. The van der Waals surface area contributed by atoms with E-state index < -0.39 is 5.54 Å². The van der Waals surface area contributed by atoms with Crippen LogP contribution in [0.2, 0.25) is 0 Å². The number of urea groups is 1. The number of nitrogens with one attached hydrogen (secondary N) is 1. The number of amides is 3. The lowest BCUT2D eigenvalue weighted by Gasteiger charge is -2.33. The summed E-state index contributed by atoms with van der Waals surface area (Å²) in [6.07, 6.45) is 4.37. The molecule has 0 bridgehead atoms. The number of carbonyl (C=O) groups excluding carboxylic acids is 2. The zero-order chi connectivity index (χ0) is 18.1. The molecular formula is C18H22N6O2. The van der Waals surface area contributed by atoms with Crippen LogP contribution in [0.15, 0.2) is 24.3 Å². The minimum Gasteiger partial charge on any atom is -0.319 e. The van der Waals surface area contributed by atoms with Gasteiger partial charge in [-0.3, -0.25) is 9.69 Å². The highest BCUT2D eigenvalue weighted by atomic mass is 16.2. The Labute approximate surface area is 151 Å². The van der Waals surface area contributed by atoms with Gasteiger partial charge in [-0.05, 0) is 47.2 Å². The van der Waals surface area contributed by atoms with E-state index in [4.69, 9.17) is 0 Å². The molecule has 1 saturated heterocycles. The Bertz CT molecular complexity index is 848. The molecule has 1 aromatic heterocycles. The standard InChI is InChI=1S/C18H22N6O2/c1-2-3-11-24-15(20-21-22-24)12-23-16(25)18(19-17(23)26)10-6-8-13-7-4-5-9-14(13)18/h4-5,7,9H,2-3,6,8,10-12H2,1H3,(H,19,26)/t18-/m1/s1. The van der Waals surface area contributed by atoms with Crippen molar-refractivity contribution in [1.82, 2.24) is 30.4 Å². The molecule has 2 aromatic rings. The van der Waals surface area contributed by atoms with Crippen molar-refractivity contribution >= 4 is 11.9 Å². The molecule has 1 aromatic carbocycles. The van der Waals surface area contributed by atoms with Crippen molar-refractivity contribution in [1.29, 1.82) is 0 Å². The SMILES string of the molecule is CCCCn1nnnc1CN1C(=O)N[C@@]2(CCCc3ccccc32)C1=O. The van der Waals surface area contributed by atoms with E-state index in [0.717, 1.165) is 36.8 Å². The number of nitrogens with zero attached hydrogens (tertiary/aromatic N) is 5. The minimum absolute atomic E-state index is 0.0886. The van der Waals surface area contributed by atoms with Gasteiger partial charge in [0.2, 0.25) is 0 Å². The molecule has 26 heavy (non-hydrogen) atoms. The van der Waals surface area contributed by atoms with Crippen LogP contribution >= 0.6 is 0 Å². The Morgan fingerprint density at radius 1 is 1.27 bits per heavy atom. The second-order valence-electron chi connectivity index (χ2n) is 6.91. The van der Waals surface area contributed by atoms with Crippen LogP contribution in [-0.2, 0) is 29.8 Å². The molecule has 1 aliphatic heterocycles. The van der Waals surface area contributed by atoms with Gasteiger partial charge < -0.3 is 5.32 Å². The van der Waals surface area contributed by atoms with Crippen molar-refractivity contribution in [3.8, 4) is 0 Å². The lowest BCUT2D eigenvalue weighted by molar-refractivity contribution is -0.132. The number of tetrazole rings is 1. The fourth-order valence-corrected chi connectivity index (χ4v) is 3.91. The molecule has 4 rings (SSSR count). The van der Waals surface area contributed by atoms with Gasteiger partial charge in [0.15, 0.2) is 5.82 Å². The summed E-state index contributed by atoms with van der Waals surface area (Å²) < 4.78 is 1.67. The molecule has 0 radical (unpaired) electrons. The van der Waals surface area contributed by atoms with Crippen molar-refractivity contribution in [3.05, 3.63) is 41.2 Å². The van der Waals surface area contributed by atoms with E-state index in [9.17, 15) is 9.59 Å². The van der Waals surface area contributed by atoms with Gasteiger partial charge in [0.25, 0.3) is 5.91 Å². The first-order chi connectivity index (χ1) is 12.7. The maximum Gasteiger partial charge on any atom is 0.325 e. The van der Waals surface area contributed by atoms with Gasteiger partial charge in [-0.2, -0.15) is 0 Å². The van der Waals surface area contributed by atoms with Gasteiger partial charge in [0.05, 0.1) is 6.54 Å². The third-order valence-electron chi connectivity index (χ3n) is 5.28. The Balaban J connectivity index is 1.62. The van der Waals surface area contributed by atoms with Gasteiger partial charge in [-0.25, -0.2) is 9.48 Å². The zero-order valence-electron chi connectivity index (χ0n) is 14.8. The van der Waals surface area contributed by atoms with E-state index in [-0.39, 0.29) is 18.5 Å². The van der Waals surface area contributed by atoms with Gasteiger partial charge in [-0.1, -0.05) is 37.6 Å². The number of aromatic nitrogens is 4. The lowest BCUT2D eigenvalue weighted by Crippen LogP contribution is -2.46. The van der Waals surface area contributed by atoms with Crippen molar-refractivity contribution in [2.75, 3.05) is 0 Å². The second-order valence-corrected chi connectivity index (χ2v) is 6.91. The average Bonchev–Trinajstić information content (AvgIpc) is 3.19.